The number of aryl methyl sites for hydroxylation is 1. The van der Waals surface area contributed by atoms with Crippen LogP contribution in [0.3, 0.4) is 0 Å². The number of ether oxygens (including phenoxy) is 1. The van der Waals surface area contributed by atoms with E-state index in [0.717, 1.165) is 26.7 Å². The zero-order valence-electron chi connectivity index (χ0n) is 20.7. The summed E-state index contributed by atoms with van der Waals surface area (Å²) in [6.07, 6.45) is 0.557. The number of amides is 1. The molecule has 0 aliphatic heterocycles. The van der Waals surface area contributed by atoms with Gasteiger partial charge in [0.05, 0.1) is 0 Å². The molecular weight excluding hydrogens is 557 g/mol. The van der Waals surface area contributed by atoms with Crippen molar-refractivity contribution in [1.82, 2.24) is 0 Å². The average molecular weight is 584 g/mol. The molecular formula is C29H27ClNO6PS. The normalized spacial score (nSPS) is 12.1. The largest absolute Gasteiger partial charge is 0.489 e. The third-order valence-corrected chi connectivity index (χ3v) is 7.99. The number of carbonyl (C=O) groups is 1. The maximum Gasteiger partial charge on any atom is 0.358 e. The van der Waals surface area contributed by atoms with Gasteiger partial charge in [0.15, 0.2) is 5.85 Å². The molecule has 0 aromatic heterocycles. The van der Waals surface area contributed by atoms with Crippen molar-refractivity contribution in [3.63, 3.8) is 0 Å². The van der Waals surface area contributed by atoms with E-state index in [4.69, 9.17) is 16.3 Å². The van der Waals surface area contributed by atoms with Gasteiger partial charge in [-0.25, -0.2) is 0 Å². The lowest BCUT2D eigenvalue weighted by atomic mass is 10.1. The molecule has 0 radical (unpaired) electrons. The van der Waals surface area contributed by atoms with Gasteiger partial charge in [0, 0.05) is 26.9 Å². The van der Waals surface area contributed by atoms with E-state index < -0.39 is 13.4 Å². The number of hydrogen-bond donors (Lipinski definition) is 4. The molecule has 4 aromatic carbocycles. The smallest absolute Gasteiger partial charge is 0.358 e. The van der Waals surface area contributed by atoms with Crippen LogP contribution in [0.25, 0.3) is 0 Å². The zero-order chi connectivity index (χ0) is 27.8. The lowest BCUT2D eigenvalue weighted by molar-refractivity contribution is -0.116. The van der Waals surface area contributed by atoms with Gasteiger partial charge in [-0.2, -0.15) is 0 Å². The van der Waals surface area contributed by atoms with Crippen LogP contribution in [0, 0.1) is 0 Å². The summed E-state index contributed by atoms with van der Waals surface area (Å²) in [5.41, 5.74) is 2.27. The number of halogens is 1. The summed E-state index contributed by atoms with van der Waals surface area (Å²) in [4.78, 5) is 32.8. The van der Waals surface area contributed by atoms with Crippen LogP contribution in [0.4, 0.5) is 5.69 Å². The van der Waals surface area contributed by atoms with Crippen LogP contribution in [0.15, 0.2) is 107 Å². The highest BCUT2D eigenvalue weighted by atomic mass is 35.5. The molecule has 1 amide bonds. The number of carbonyl (C=O) groups excluding carboxylic acids is 1. The maximum atomic E-state index is 12.5. The first-order chi connectivity index (χ1) is 18.7. The van der Waals surface area contributed by atoms with Crippen LogP contribution >= 0.6 is 31.0 Å². The summed E-state index contributed by atoms with van der Waals surface area (Å²) >= 11 is 8.07. The van der Waals surface area contributed by atoms with Gasteiger partial charge in [-0.1, -0.05) is 78.0 Å². The van der Waals surface area contributed by atoms with E-state index in [1.807, 2.05) is 72.8 Å². The van der Waals surface area contributed by atoms with Gasteiger partial charge >= 0.3 is 7.60 Å². The Morgan fingerprint density at radius 1 is 0.923 bits per heavy atom. The van der Waals surface area contributed by atoms with Crippen LogP contribution in [0.2, 0.25) is 5.02 Å². The predicted octanol–water partition coefficient (Wildman–Crippen LogP) is 6.81. The number of rotatable bonds is 11. The third-order valence-electron chi connectivity index (χ3n) is 5.72. The minimum absolute atomic E-state index is 0.0190. The van der Waals surface area contributed by atoms with Crippen molar-refractivity contribution < 1.29 is 29.0 Å². The molecule has 0 fully saturated rings. The summed E-state index contributed by atoms with van der Waals surface area (Å²) in [5.74, 6) is -1.46. The quantitative estimate of drug-likeness (QED) is 0.143. The Balaban J connectivity index is 1.31. The maximum absolute atomic E-state index is 12.5. The van der Waals surface area contributed by atoms with E-state index in [1.165, 1.54) is 18.2 Å². The second-order valence-electron chi connectivity index (χ2n) is 8.74. The molecule has 4 rings (SSSR count). The molecule has 0 aliphatic rings. The Hall–Kier alpha value is -3.10. The molecule has 7 nitrogen and oxygen atoms in total. The highest BCUT2D eigenvalue weighted by Gasteiger charge is 2.28. The lowest BCUT2D eigenvalue weighted by Gasteiger charge is -2.14. The molecule has 0 bridgehead atoms. The second kappa shape index (κ2) is 13.3. The Labute approximate surface area is 236 Å². The van der Waals surface area contributed by atoms with Crippen molar-refractivity contribution in [1.29, 1.82) is 0 Å². The number of nitrogens with one attached hydrogen (secondary N) is 1. The van der Waals surface area contributed by atoms with Crippen LogP contribution < -0.4 is 10.1 Å². The topological polar surface area (TPSA) is 116 Å². The van der Waals surface area contributed by atoms with Gasteiger partial charge in [0.1, 0.15) is 12.4 Å². The van der Waals surface area contributed by atoms with Crippen molar-refractivity contribution in [2.75, 3.05) is 5.32 Å². The second-order valence-corrected chi connectivity index (χ2v) is 12.0. The van der Waals surface area contributed by atoms with Gasteiger partial charge in [0.2, 0.25) is 5.91 Å². The number of benzene rings is 4. The summed E-state index contributed by atoms with van der Waals surface area (Å²) in [7, 11) is -4.72. The summed E-state index contributed by atoms with van der Waals surface area (Å²) < 4.78 is 17.2. The van der Waals surface area contributed by atoms with Crippen LogP contribution in [0.1, 0.15) is 29.0 Å². The van der Waals surface area contributed by atoms with Crippen molar-refractivity contribution in [3.8, 4) is 5.75 Å². The lowest BCUT2D eigenvalue weighted by Crippen LogP contribution is -2.13. The number of anilines is 1. The molecule has 0 saturated heterocycles. The van der Waals surface area contributed by atoms with Gasteiger partial charge in [-0.3, -0.25) is 9.36 Å². The van der Waals surface area contributed by atoms with Crippen LogP contribution in [-0.2, 0) is 22.4 Å². The number of aliphatic hydroxyl groups is 1. The third kappa shape index (κ3) is 8.70. The van der Waals surface area contributed by atoms with Crippen molar-refractivity contribution in [2.24, 2.45) is 0 Å². The molecule has 4 aromatic rings. The van der Waals surface area contributed by atoms with Crippen LogP contribution in [-0.4, -0.2) is 20.8 Å². The molecule has 39 heavy (non-hydrogen) atoms. The van der Waals surface area contributed by atoms with E-state index >= 15 is 0 Å². The highest BCUT2D eigenvalue weighted by Crippen LogP contribution is 2.50. The molecule has 10 heteroatoms. The van der Waals surface area contributed by atoms with E-state index in [9.17, 15) is 24.3 Å². The van der Waals surface area contributed by atoms with Gasteiger partial charge < -0.3 is 24.9 Å². The Morgan fingerprint density at radius 2 is 1.67 bits per heavy atom. The first-order valence-corrected chi connectivity index (χ1v) is 14.9. The summed E-state index contributed by atoms with van der Waals surface area (Å²) in [6, 6.07) is 29.3. The zero-order valence-corrected chi connectivity index (χ0v) is 23.2. The first-order valence-electron chi connectivity index (χ1n) is 12.0. The summed E-state index contributed by atoms with van der Waals surface area (Å²) in [6.45, 7) is 0.490. The molecule has 0 spiro atoms. The molecule has 0 aliphatic carbocycles. The SMILES string of the molecule is O=C(CCc1ccc(Sc2cccc(OCc3ccccc3)c2)cc1Cl)Nc1cccc(C(O)P(=O)(O)O)c1. The van der Waals surface area contributed by atoms with Gasteiger partial charge in [0.25, 0.3) is 0 Å². The molecule has 4 N–H and O–H groups in total. The van der Waals surface area contributed by atoms with Crippen LogP contribution in [0.5, 0.6) is 5.75 Å². The standard InChI is InChI=1S/C29H27ClNO6PS/c30-27-18-26(39-25-11-5-10-24(17-25)37-19-20-6-2-1-3-7-20)14-12-21(27)13-15-28(32)31-23-9-4-8-22(16-23)29(33)38(34,35)36/h1-12,14,16-18,29,33H,13,15,19H2,(H,31,32)(H2,34,35,36). The Bertz CT molecular complexity index is 1480. The Kier molecular flexibility index (Phi) is 9.86. The highest BCUT2D eigenvalue weighted by molar-refractivity contribution is 7.99. The number of aliphatic hydroxyl groups excluding tert-OH is 1. The van der Waals surface area contributed by atoms with Crippen molar-refractivity contribution in [2.45, 2.75) is 35.1 Å². The van der Waals surface area contributed by atoms with E-state index in [1.54, 1.807) is 17.8 Å². The molecule has 1 atom stereocenters. The number of hydrogen-bond acceptors (Lipinski definition) is 5. The monoisotopic (exact) mass is 583 g/mol. The van der Waals surface area contributed by atoms with Crippen molar-refractivity contribution in [3.05, 3.63) is 119 Å². The minimum atomic E-state index is -4.72. The predicted molar refractivity (Wildman–Crippen MR) is 153 cm³/mol. The average Bonchev–Trinajstić information content (AvgIpc) is 2.91. The van der Waals surface area contributed by atoms with E-state index in [2.05, 4.69) is 5.32 Å². The first kappa shape index (κ1) is 28.9. The van der Waals surface area contributed by atoms with E-state index in [-0.39, 0.29) is 17.9 Å². The molecule has 1 unspecified atom stereocenters. The summed E-state index contributed by atoms with van der Waals surface area (Å²) in [5, 5.41) is 13.0. The van der Waals surface area contributed by atoms with Gasteiger partial charge in [-0.05, 0) is 65.6 Å². The fourth-order valence-corrected chi connectivity index (χ4v) is 5.54. The molecule has 202 valence electrons. The van der Waals surface area contributed by atoms with Crippen molar-refractivity contribution >= 4 is 42.6 Å². The fourth-order valence-electron chi connectivity index (χ4n) is 3.74. The molecule has 0 saturated carbocycles. The van der Waals surface area contributed by atoms with E-state index in [0.29, 0.717) is 23.7 Å². The minimum Gasteiger partial charge on any atom is -0.489 e. The fraction of sp³-hybridized carbons (Fsp3) is 0.138. The molecule has 0 heterocycles. The Morgan fingerprint density at radius 3 is 2.41 bits per heavy atom. The van der Waals surface area contributed by atoms with Gasteiger partial charge in [-0.15, -0.1) is 0 Å².